The Morgan fingerprint density at radius 2 is 2.00 bits per heavy atom. The number of carbonyl (C=O) groups is 1. The van der Waals surface area contributed by atoms with Gasteiger partial charge < -0.3 is 10.6 Å². The Labute approximate surface area is 98.8 Å². The van der Waals surface area contributed by atoms with Gasteiger partial charge in [0.15, 0.2) is 0 Å². The summed E-state index contributed by atoms with van der Waals surface area (Å²) >= 11 is 0. The Hall–Kier alpha value is -0.610. The largest absolute Gasteiger partial charge is 0.342 e. The van der Waals surface area contributed by atoms with Crippen molar-refractivity contribution >= 4 is 5.91 Å². The fourth-order valence-electron chi connectivity index (χ4n) is 2.20. The van der Waals surface area contributed by atoms with E-state index in [1.165, 1.54) is 0 Å². The molecule has 1 amide bonds. The first-order chi connectivity index (χ1) is 7.67. The number of nitrogens with two attached hydrogens (primary N) is 1. The first-order valence-corrected chi connectivity index (χ1v) is 6.43. The molecule has 2 N–H and O–H groups in total. The van der Waals surface area contributed by atoms with E-state index in [-0.39, 0.29) is 11.9 Å². The Bertz CT molecular complexity index is 214. The van der Waals surface area contributed by atoms with Crippen molar-refractivity contribution in [2.75, 3.05) is 32.7 Å². The minimum Gasteiger partial charge on any atom is -0.342 e. The molecule has 0 radical (unpaired) electrons. The molecule has 1 atom stereocenters. The summed E-state index contributed by atoms with van der Waals surface area (Å²) in [5.74, 6) is 0.262. The molecule has 1 saturated heterocycles. The first kappa shape index (κ1) is 13.5. The molecule has 1 heterocycles. The lowest BCUT2D eigenvalue weighted by Crippen LogP contribution is -2.41. The second kappa shape index (κ2) is 6.86. The molecule has 1 fully saturated rings. The maximum absolute atomic E-state index is 12.0. The minimum absolute atomic E-state index is 0.262. The van der Waals surface area contributed by atoms with Gasteiger partial charge >= 0.3 is 0 Å². The molecular weight excluding hydrogens is 202 g/mol. The Morgan fingerprint density at radius 1 is 1.38 bits per heavy atom. The van der Waals surface area contributed by atoms with Gasteiger partial charge in [0.2, 0.25) is 5.91 Å². The van der Waals surface area contributed by atoms with Gasteiger partial charge in [0.1, 0.15) is 0 Å². The van der Waals surface area contributed by atoms with Crippen LogP contribution < -0.4 is 5.73 Å². The molecule has 4 nitrogen and oxygen atoms in total. The number of carbonyl (C=O) groups excluding carboxylic acids is 1. The van der Waals surface area contributed by atoms with Crippen LogP contribution in [-0.4, -0.2) is 54.5 Å². The maximum Gasteiger partial charge on any atom is 0.236 e. The van der Waals surface area contributed by atoms with E-state index in [9.17, 15) is 4.79 Å². The highest BCUT2D eigenvalue weighted by Crippen LogP contribution is 2.07. The van der Waals surface area contributed by atoms with E-state index >= 15 is 0 Å². The van der Waals surface area contributed by atoms with Crippen LogP contribution in [0.1, 0.15) is 33.1 Å². The lowest BCUT2D eigenvalue weighted by atomic mass is 10.3. The van der Waals surface area contributed by atoms with Crippen LogP contribution in [0.15, 0.2) is 0 Å². The molecule has 1 aliphatic heterocycles. The quantitative estimate of drug-likeness (QED) is 0.725. The molecule has 0 bridgehead atoms. The van der Waals surface area contributed by atoms with E-state index in [1.807, 2.05) is 4.90 Å². The van der Waals surface area contributed by atoms with E-state index in [0.29, 0.717) is 6.54 Å². The van der Waals surface area contributed by atoms with Gasteiger partial charge in [-0.3, -0.25) is 9.69 Å². The lowest BCUT2D eigenvalue weighted by Gasteiger charge is -2.24. The Kier molecular flexibility index (Phi) is 5.77. The van der Waals surface area contributed by atoms with Crippen LogP contribution in [0.3, 0.4) is 0 Å². The maximum atomic E-state index is 12.0. The molecule has 1 rings (SSSR count). The number of hydrogen-bond donors (Lipinski definition) is 1. The molecule has 1 unspecified atom stereocenters. The van der Waals surface area contributed by atoms with Gasteiger partial charge in [-0.2, -0.15) is 0 Å². The van der Waals surface area contributed by atoms with Crippen LogP contribution >= 0.6 is 0 Å². The van der Waals surface area contributed by atoms with Crippen LogP contribution in [0.4, 0.5) is 0 Å². The van der Waals surface area contributed by atoms with Crippen LogP contribution in [0, 0.1) is 0 Å². The van der Waals surface area contributed by atoms with E-state index in [1.54, 1.807) is 0 Å². The van der Waals surface area contributed by atoms with Crippen LogP contribution in [0.2, 0.25) is 0 Å². The van der Waals surface area contributed by atoms with Gasteiger partial charge in [-0.1, -0.05) is 13.8 Å². The van der Waals surface area contributed by atoms with Crippen molar-refractivity contribution in [3.05, 3.63) is 0 Å². The third-order valence-electron chi connectivity index (χ3n) is 3.01. The van der Waals surface area contributed by atoms with Crippen LogP contribution in [-0.2, 0) is 4.79 Å². The second-order valence-corrected chi connectivity index (χ2v) is 4.66. The molecule has 16 heavy (non-hydrogen) atoms. The SMILES string of the molecule is CCCN(CCC)C(=O)CN1CCC(N)C1. The smallest absolute Gasteiger partial charge is 0.236 e. The van der Waals surface area contributed by atoms with E-state index in [4.69, 9.17) is 5.73 Å². The number of rotatable bonds is 6. The predicted octanol–water partition coefficient (Wildman–Crippen LogP) is 0.668. The van der Waals surface area contributed by atoms with E-state index in [0.717, 1.165) is 45.4 Å². The van der Waals surface area contributed by atoms with E-state index < -0.39 is 0 Å². The zero-order valence-corrected chi connectivity index (χ0v) is 10.6. The highest BCUT2D eigenvalue weighted by atomic mass is 16.2. The summed E-state index contributed by atoms with van der Waals surface area (Å²) in [5.41, 5.74) is 5.83. The third-order valence-corrected chi connectivity index (χ3v) is 3.01. The van der Waals surface area contributed by atoms with Crippen LogP contribution in [0.5, 0.6) is 0 Å². The van der Waals surface area contributed by atoms with Crippen molar-refractivity contribution in [2.24, 2.45) is 5.73 Å². The highest BCUT2D eigenvalue weighted by molar-refractivity contribution is 5.78. The average molecular weight is 227 g/mol. The van der Waals surface area contributed by atoms with Crippen molar-refractivity contribution in [2.45, 2.75) is 39.2 Å². The zero-order valence-electron chi connectivity index (χ0n) is 10.6. The Morgan fingerprint density at radius 3 is 2.44 bits per heavy atom. The summed E-state index contributed by atoms with van der Waals surface area (Å²) < 4.78 is 0. The monoisotopic (exact) mass is 227 g/mol. The van der Waals surface area contributed by atoms with Crippen molar-refractivity contribution in [1.82, 2.24) is 9.80 Å². The second-order valence-electron chi connectivity index (χ2n) is 4.66. The molecule has 1 aliphatic rings. The van der Waals surface area contributed by atoms with Gasteiger partial charge in [0.05, 0.1) is 6.54 Å². The topological polar surface area (TPSA) is 49.6 Å². The van der Waals surface area contributed by atoms with Gasteiger partial charge in [-0.15, -0.1) is 0 Å². The summed E-state index contributed by atoms with van der Waals surface area (Å²) in [6, 6.07) is 0.263. The number of hydrogen-bond acceptors (Lipinski definition) is 3. The normalized spacial score (nSPS) is 21.3. The summed E-state index contributed by atoms with van der Waals surface area (Å²) in [7, 11) is 0. The lowest BCUT2D eigenvalue weighted by molar-refractivity contribution is -0.132. The number of nitrogens with zero attached hydrogens (tertiary/aromatic N) is 2. The van der Waals surface area contributed by atoms with Gasteiger partial charge in [-0.25, -0.2) is 0 Å². The third kappa shape index (κ3) is 4.10. The number of amides is 1. The van der Waals surface area contributed by atoms with Gasteiger partial charge in [-0.05, 0) is 19.3 Å². The summed E-state index contributed by atoms with van der Waals surface area (Å²) in [6.07, 6.45) is 3.09. The van der Waals surface area contributed by atoms with Crippen molar-refractivity contribution in [3.63, 3.8) is 0 Å². The fraction of sp³-hybridized carbons (Fsp3) is 0.917. The molecule has 0 aromatic heterocycles. The first-order valence-electron chi connectivity index (χ1n) is 6.43. The molecule has 0 aromatic carbocycles. The molecule has 4 heteroatoms. The van der Waals surface area contributed by atoms with Crippen molar-refractivity contribution < 1.29 is 4.79 Å². The van der Waals surface area contributed by atoms with Crippen molar-refractivity contribution in [1.29, 1.82) is 0 Å². The molecule has 0 spiro atoms. The van der Waals surface area contributed by atoms with Crippen LogP contribution in [0.25, 0.3) is 0 Å². The molecule has 94 valence electrons. The molecular formula is C12H25N3O. The standard InChI is InChI=1S/C12H25N3O/c1-3-6-15(7-4-2)12(16)10-14-8-5-11(13)9-14/h11H,3-10,13H2,1-2H3. The predicted molar refractivity (Wildman–Crippen MR) is 66.2 cm³/mol. The molecule has 0 aliphatic carbocycles. The fourth-order valence-corrected chi connectivity index (χ4v) is 2.20. The average Bonchev–Trinajstić information content (AvgIpc) is 2.63. The van der Waals surface area contributed by atoms with Crippen molar-refractivity contribution in [3.8, 4) is 0 Å². The van der Waals surface area contributed by atoms with E-state index in [2.05, 4.69) is 18.7 Å². The van der Waals surface area contributed by atoms with Gasteiger partial charge in [0, 0.05) is 32.2 Å². The summed E-state index contributed by atoms with van der Waals surface area (Å²) in [4.78, 5) is 16.2. The Balaban J connectivity index is 2.36. The minimum atomic E-state index is 0.262. The number of likely N-dealkylation sites (tertiary alicyclic amines) is 1. The highest BCUT2D eigenvalue weighted by Gasteiger charge is 2.22. The summed E-state index contributed by atoms with van der Waals surface area (Å²) in [5, 5.41) is 0. The van der Waals surface area contributed by atoms with Gasteiger partial charge in [0.25, 0.3) is 0 Å². The summed E-state index contributed by atoms with van der Waals surface area (Å²) in [6.45, 7) is 8.38. The zero-order chi connectivity index (χ0) is 12.0. The molecule has 0 saturated carbocycles. The molecule has 0 aromatic rings.